The number of carbonyl (C=O) groups excluding carboxylic acids is 2. The van der Waals surface area contributed by atoms with Gasteiger partial charge in [0.2, 0.25) is 0 Å². The monoisotopic (exact) mass is 555 g/mol. The van der Waals surface area contributed by atoms with Gasteiger partial charge in [-0.25, -0.2) is 9.29 Å². The molecule has 0 atom stereocenters. The first-order chi connectivity index (χ1) is 18.2. The fourth-order valence-electron chi connectivity index (χ4n) is 3.67. The smallest absolute Gasteiger partial charge is 0.270 e. The zero-order valence-corrected chi connectivity index (χ0v) is 21.3. The van der Waals surface area contributed by atoms with E-state index in [0.29, 0.717) is 11.1 Å². The molecule has 2 amide bonds. The lowest BCUT2D eigenvalue weighted by atomic mass is 10.1. The van der Waals surface area contributed by atoms with Gasteiger partial charge in [0.25, 0.3) is 17.5 Å². The minimum absolute atomic E-state index is 0.0299. The standard InChI is InChI=1S/C26H19ClFN3O6S/c1-2-36-22-13-16(12-19(27)23(22)37-14-15-6-5-7-17(10-15)31(34)35)11-18-24(32)29-26(38)30(25(18)33)21-9-4-3-8-20(21)28/h3-13H,2,14H2,1H3,(H,29,32,38)/b18-11+. The highest BCUT2D eigenvalue weighted by Gasteiger charge is 2.35. The molecule has 0 spiro atoms. The molecule has 3 aromatic rings. The fourth-order valence-corrected chi connectivity index (χ4v) is 4.21. The normalized spacial score (nSPS) is 14.4. The zero-order valence-electron chi connectivity index (χ0n) is 19.8. The Hall–Kier alpha value is -4.35. The van der Waals surface area contributed by atoms with E-state index in [-0.39, 0.29) is 51.8 Å². The summed E-state index contributed by atoms with van der Waals surface area (Å²) in [6, 6.07) is 14.5. The van der Waals surface area contributed by atoms with Crippen LogP contribution < -0.4 is 19.7 Å². The van der Waals surface area contributed by atoms with Gasteiger partial charge in [0.05, 0.1) is 22.2 Å². The van der Waals surface area contributed by atoms with Gasteiger partial charge in [-0.3, -0.25) is 25.0 Å². The highest BCUT2D eigenvalue weighted by atomic mass is 35.5. The van der Waals surface area contributed by atoms with Crippen molar-refractivity contribution < 1.29 is 28.4 Å². The second-order valence-corrected chi connectivity index (χ2v) is 8.68. The largest absolute Gasteiger partial charge is 0.490 e. The van der Waals surface area contributed by atoms with E-state index in [0.717, 1.165) is 4.90 Å². The van der Waals surface area contributed by atoms with E-state index in [1.165, 1.54) is 54.6 Å². The number of non-ortho nitro benzene ring substituents is 1. The molecule has 0 radical (unpaired) electrons. The zero-order chi connectivity index (χ0) is 27.4. The van der Waals surface area contributed by atoms with Gasteiger partial charge in [-0.15, -0.1) is 0 Å². The number of benzene rings is 3. The maximum absolute atomic E-state index is 14.4. The number of para-hydroxylation sites is 1. The van der Waals surface area contributed by atoms with E-state index >= 15 is 0 Å². The number of nitrogens with zero attached hydrogens (tertiary/aromatic N) is 2. The topological polar surface area (TPSA) is 111 Å². The van der Waals surface area contributed by atoms with Gasteiger partial charge in [0.1, 0.15) is 18.0 Å². The third-order valence-corrected chi connectivity index (χ3v) is 5.91. The molecular weight excluding hydrogens is 537 g/mol. The summed E-state index contributed by atoms with van der Waals surface area (Å²) in [7, 11) is 0. The number of hydrogen-bond acceptors (Lipinski definition) is 7. The van der Waals surface area contributed by atoms with Gasteiger partial charge >= 0.3 is 0 Å². The molecule has 1 N–H and O–H groups in total. The summed E-state index contributed by atoms with van der Waals surface area (Å²) in [5.41, 5.74) is 0.388. The first-order valence-electron chi connectivity index (χ1n) is 11.2. The molecule has 0 unspecified atom stereocenters. The summed E-state index contributed by atoms with van der Waals surface area (Å²) in [6.07, 6.45) is 1.28. The maximum atomic E-state index is 14.4. The summed E-state index contributed by atoms with van der Waals surface area (Å²) in [5.74, 6) is -1.86. The van der Waals surface area contributed by atoms with Crippen molar-refractivity contribution in [2.45, 2.75) is 13.5 Å². The minimum atomic E-state index is -0.816. The lowest BCUT2D eigenvalue weighted by Gasteiger charge is -2.29. The van der Waals surface area contributed by atoms with Gasteiger partial charge in [0.15, 0.2) is 16.6 Å². The van der Waals surface area contributed by atoms with Crippen molar-refractivity contribution in [3.63, 3.8) is 0 Å². The number of ether oxygens (including phenoxy) is 2. The van der Waals surface area contributed by atoms with E-state index in [4.69, 9.17) is 33.3 Å². The molecule has 38 heavy (non-hydrogen) atoms. The van der Waals surface area contributed by atoms with Crippen LogP contribution in [-0.2, 0) is 16.2 Å². The number of amides is 2. The second-order valence-electron chi connectivity index (χ2n) is 7.89. The maximum Gasteiger partial charge on any atom is 0.270 e. The van der Waals surface area contributed by atoms with Crippen LogP contribution in [0.5, 0.6) is 11.5 Å². The number of hydrogen-bond donors (Lipinski definition) is 1. The Bertz CT molecular complexity index is 1500. The van der Waals surface area contributed by atoms with Crippen molar-refractivity contribution in [3.8, 4) is 11.5 Å². The molecule has 1 saturated heterocycles. The van der Waals surface area contributed by atoms with Gasteiger partial charge in [-0.1, -0.05) is 35.9 Å². The molecular formula is C26H19ClFN3O6S. The predicted molar refractivity (Wildman–Crippen MR) is 143 cm³/mol. The minimum Gasteiger partial charge on any atom is -0.490 e. The van der Waals surface area contributed by atoms with Crippen molar-refractivity contribution in [2.24, 2.45) is 0 Å². The molecule has 12 heteroatoms. The van der Waals surface area contributed by atoms with E-state index in [1.54, 1.807) is 19.1 Å². The predicted octanol–water partition coefficient (Wildman–Crippen LogP) is 5.20. The van der Waals surface area contributed by atoms with Gasteiger partial charge < -0.3 is 9.47 Å². The van der Waals surface area contributed by atoms with Crippen LogP contribution in [0, 0.1) is 15.9 Å². The number of anilines is 1. The first-order valence-corrected chi connectivity index (χ1v) is 12.0. The number of nitrogens with one attached hydrogen (secondary N) is 1. The molecule has 1 fully saturated rings. The van der Waals surface area contributed by atoms with Crippen molar-refractivity contribution >= 4 is 58.2 Å². The molecule has 1 aliphatic rings. The van der Waals surface area contributed by atoms with Crippen molar-refractivity contribution in [1.82, 2.24) is 5.32 Å². The molecule has 0 bridgehead atoms. The highest BCUT2D eigenvalue weighted by molar-refractivity contribution is 7.80. The van der Waals surface area contributed by atoms with E-state index < -0.39 is 22.6 Å². The SMILES string of the molecule is CCOc1cc(/C=C2\C(=O)NC(=S)N(c3ccccc3F)C2=O)cc(Cl)c1OCc1cccc([N+](=O)[O-])c1. The third kappa shape index (κ3) is 5.63. The Balaban J connectivity index is 1.66. The molecule has 1 heterocycles. The number of nitro groups is 1. The molecule has 0 aromatic heterocycles. The van der Waals surface area contributed by atoms with Crippen molar-refractivity contribution in [2.75, 3.05) is 11.5 Å². The third-order valence-electron chi connectivity index (χ3n) is 5.34. The molecule has 1 aliphatic heterocycles. The Morgan fingerprint density at radius 2 is 1.89 bits per heavy atom. The number of carbonyl (C=O) groups is 2. The van der Waals surface area contributed by atoms with Crippen molar-refractivity contribution in [1.29, 1.82) is 0 Å². The van der Waals surface area contributed by atoms with Crippen LogP contribution in [0.4, 0.5) is 15.8 Å². The summed E-state index contributed by atoms with van der Waals surface area (Å²) in [5, 5.41) is 13.3. The Kier molecular flexibility index (Phi) is 7.99. The van der Waals surface area contributed by atoms with Crippen LogP contribution in [0.1, 0.15) is 18.1 Å². The van der Waals surface area contributed by atoms with Crippen LogP contribution >= 0.6 is 23.8 Å². The summed E-state index contributed by atoms with van der Waals surface area (Å²) < 4.78 is 25.9. The first kappa shape index (κ1) is 26.7. The quantitative estimate of drug-likeness (QED) is 0.134. The average molecular weight is 556 g/mol. The number of nitro benzene ring substituents is 1. The average Bonchev–Trinajstić information content (AvgIpc) is 2.87. The van der Waals surface area contributed by atoms with Crippen LogP contribution in [0.2, 0.25) is 5.02 Å². The lowest BCUT2D eigenvalue weighted by molar-refractivity contribution is -0.384. The Morgan fingerprint density at radius 3 is 2.61 bits per heavy atom. The molecule has 4 rings (SSSR count). The van der Waals surface area contributed by atoms with Gasteiger partial charge in [0, 0.05) is 12.1 Å². The van der Waals surface area contributed by atoms with Crippen molar-refractivity contribution in [3.05, 3.63) is 98.3 Å². The molecule has 9 nitrogen and oxygen atoms in total. The Labute approximate surface area is 226 Å². The van der Waals surface area contributed by atoms with Gasteiger partial charge in [-0.05, 0) is 60.6 Å². The number of thiocarbonyl (C=S) groups is 1. The molecule has 0 aliphatic carbocycles. The summed E-state index contributed by atoms with van der Waals surface area (Å²) >= 11 is 11.6. The van der Waals surface area contributed by atoms with E-state index in [9.17, 15) is 24.1 Å². The fraction of sp³-hybridized carbons (Fsp3) is 0.115. The Morgan fingerprint density at radius 1 is 1.13 bits per heavy atom. The highest BCUT2D eigenvalue weighted by Crippen LogP contribution is 2.38. The molecule has 3 aromatic carbocycles. The second kappa shape index (κ2) is 11.4. The molecule has 194 valence electrons. The van der Waals surface area contributed by atoms with Crippen LogP contribution in [0.15, 0.2) is 66.2 Å². The number of rotatable bonds is 8. The van der Waals surface area contributed by atoms with Crippen LogP contribution in [0.25, 0.3) is 6.08 Å². The molecule has 0 saturated carbocycles. The van der Waals surface area contributed by atoms with E-state index in [1.807, 2.05) is 0 Å². The van der Waals surface area contributed by atoms with E-state index in [2.05, 4.69) is 5.32 Å². The summed E-state index contributed by atoms with van der Waals surface area (Å²) in [4.78, 5) is 37.3. The van der Waals surface area contributed by atoms with Crippen LogP contribution in [0.3, 0.4) is 0 Å². The van der Waals surface area contributed by atoms with Crippen LogP contribution in [-0.4, -0.2) is 28.5 Å². The number of halogens is 2. The summed E-state index contributed by atoms with van der Waals surface area (Å²) in [6.45, 7) is 1.96. The lowest BCUT2D eigenvalue weighted by Crippen LogP contribution is -2.54. The van der Waals surface area contributed by atoms with Gasteiger partial charge in [-0.2, -0.15) is 0 Å².